The number of hydrogen-bond acceptors (Lipinski definition) is 3. The number of likely N-dealkylation sites (tertiary alicyclic amines) is 1. The molecule has 3 N–H and O–H groups in total. The minimum atomic E-state index is -0.388. The van der Waals surface area contributed by atoms with Crippen LogP contribution in [0.25, 0.3) is 0 Å². The van der Waals surface area contributed by atoms with E-state index in [1.165, 1.54) is 0 Å². The summed E-state index contributed by atoms with van der Waals surface area (Å²) in [4.78, 5) is 25.6. The van der Waals surface area contributed by atoms with Crippen LogP contribution in [-0.4, -0.2) is 41.9 Å². The Labute approximate surface area is 122 Å². The van der Waals surface area contributed by atoms with Gasteiger partial charge in [-0.25, -0.2) is 0 Å². The van der Waals surface area contributed by atoms with Gasteiger partial charge in [-0.15, -0.1) is 0 Å². The molecule has 116 valence electrons. The number of rotatable bonds is 6. The maximum atomic E-state index is 12.2. The summed E-state index contributed by atoms with van der Waals surface area (Å²) < 4.78 is 0. The van der Waals surface area contributed by atoms with Gasteiger partial charge in [0.15, 0.2) is 0 Å². The molecule has 0 aromatic heterocycles. The number of carbonyl (C=O) groups excluding carboxylic acids is 2. The summed E-state index contributed by atoms with van der Waals surface area (Å²) in [6, 6.07) is -0.180. The Morgan fingerprint density at radius 3 is 2.40 bits per heavy atom. The van der Waals surface area contributed by atoms with Crippen molar-refractivity contribution in [3.8, 4) is 0 Å². The molecule has 1 saturated heterocycles. The lowest BCUT2D eigenvalue weighted by molar-refractivity contribution is -0.134. The van der Waals surface area contributed by atoms with Gasteiger partial charge < -0.3 is 16.0 Å². The number of nitrogens with one attached hydrogen (secondary N) is 1. The predicted octanol–water partition coefficient (Wildman–Crippen LogP) is 1.27. The normalized spacial score (nSPS) is 18.1. The van der Waals surface area contributed by atoms with Gasteiger partial charge in [-0.2, -0.15) is 0 Å². The van der Waals surface area contributed by atoms with Crippen LogP contribution in [-0.2, 0) is 9.59 Å². The molecule has 0 aromatic carbocycles. The van der Waals surface area contributed by atoms with E-state index in [1.807, 2.05) is 11.8 Å². The topological polar surface area (TPSA) is 75.4 Å². The molecule has 0 bridgehead atoms. The Bertz CT molecular complexity index is 323. The first-order valence-corrected chi connectivity index (χ1v) is 7.77. The van der Waals surface area contributed by atoms with E-state index in [0.29, 0.717) is 25.4 Å². The molecule has 20 heavy (non-hydrogen) atoms. The van der Waals surface area contributed by atoms with E-state index in [0.717, 1.165) is 25.7 Å². The Balaban J connectivity index is 2.34. The zero-order chi connectivity index (χ0) is 15.1. The van der Waals surface area contributed by atoms with Gasteiger partial charge in [-0.1, -0.05) is 20.8 Å². The molecule has 0 radical (unpaired) electrons. The lowest BCUT2D eigenvalue weighted by atomic mass is 10.0. The highest BCUT2D eigenvalue weighted by atomic mass is 16.2. The zero-order valence-corrected chi connectivity index (χ0v) is 13.0. The summed E-state index contributed by atoms with van der Waals surface area (Å²) in [5.74, 6) is 0.602. The van der Waals surface area contributed by atoms with Crippen molar-refractivity contribution in [2.24, 2.45) is 11.7 Å². The highest BCUT2D eigenvalue weighted by Gasteiger charge is 2.27. The monoisotopic (exact) mass is 283 g/mol. The fourth-order valence-electron chi connectivity index (χ4n) is 2.61. The summed E-state index contributed by atoms with van der Waals surface area (Å²) in [6.07, 6.45) is 3.84. The maximum Gasteiger partial charge on any atom is 0.239 e. The smallest absolute Gasteiger partial charge is 0.239 e. The van der Waals surface area contributed by atoms with E-state index in [4.69, 9.17) is 5.73 Å². The maximum absolute atomic E-state index is 12.2. The first kappa shape index (κ1) is 17.0. The van der Waals surface area contributed by atoms with Crippen molar-refractivity contribution < 1.29 is 9.59 Å². The average molecular weight is 283 g/mol. The summed E-state index contributed by atoms with van der Waals surface area (Å²) in [5.41, 5.74) is 5.94. The third kappa shape index (κ3) is 5.49. The van der Waals surface area contributed by atoms with Crippen molar-refractivity contribution in [1.29, 1.82) is 0 Å². The largest absolute Gasteiger partial charge is 0.353 e. The number of piperidine rings is 1. The molecule has 2 amide bonds. The van der Waals surface area contributed by atoms with Gasteiger partial charge in [0, 0.05) is 25.6 Å². The van der Waals surface area contributed by atoms with Gasteiger partial charge in [-0.05, 0) is 31.6 Å². The van der Waals surface area contributed by atoms with Crippen LogP contribution in [0.5, 0.6) is 0 Å². The third-order valence-corrected chi connectivity index (χ3v) is 3.69. The molecule has 1 atom stereocenters. The van der Waals surface area contributed by atoms with Gasteiger partial charge in [0.05, 0.1) is 6.04 Å². The molecule has 1 aliphatic heterocycles. The summed E-state index contributed by atoms with van der Waals surface area (Å²) >= 11 is 0. The van der Waals surface area contributed by atoms with Gasteiger partial charge >= 0.3 is 0 Å². The Hall–Kier alpha value is -1.10. The lowest BCUT2D eigenvalue weighted by Crippen LogP contribution is -2.51. The van der Waals surface area contributed by atoms with Crippen LogP contribution < -0.4 is 11.1 Å². The molecule has 1 rings (SSSR count). The number of nitrogens with zero attached hydrogens (tertiary/aromatic N) is 1. The molecular formula is C15H29N3O2. The van der Waals surface area contributed by atoms with E-state index in [-0.39, 0.29) is 23.9 Å². The first-order chi connectivity index (χ1) is 9.43. The van der Waals surface area contributed by atoms with E-state index in [2.05, 4.69) is 19.2 Å². The number of carbonyl (C=O) groups is 2. The molecule has 0 saturated carbocycles. The van der Waals surface area contributed by atoms with Crippen molar-refractivity contribution in [3.63, 3.8) is 0 Å². The fraction of sp³-hybridized carbons (Fsp3) is 0.867. The molecule has 1 heterocycles. The summed E-state index contributed by atoms with van der Waals surface area (Å²) in [5, 5.41) is 3.03. The Kier molecular flexibility index (Phi) is 6.99. The second kappa shape index (κ2) is 8.25. The molecule has 5 nitrogen and oxygen atoms in total. The summed E-state index contributed by atoms with van der Waals surface area (Å²) in [7, 11) is 0. The van der Waals surface area contributed by atoms with Gasteiger partial charge in [0.25, 0.3) is 0 Å². The number of amides is 2. The van der Waals surface area contributed by atoms with E-state index in [1.54, 1.807) is 0 Å². The molecule has 0 unspecified atom stereocenters. The highest BCUT2D eigenvalue weighted by molar-refractivity contribution is 5.81. The number of hydrogen-bond donors (Lipinski definition) is 2. The van der Waals surface area contributed by atoms with E-state index in [9.17, 15) is 9.59 Å². The minimum Gasteiger partial charge on any atom is -0.353 e. The Morgan fingerprint density at radius 1 is 1.30 bits per heavy atom. The zero-order valence-electron chi connectivity index (χ0n) is 13.0. The lowest BCUT2D eigenvalue weighted by Gasteiger charge is -2.34. The molecular weight excluding hydrogens is 254 g/mol. The van der Waals surface area contributed by atoms with Crippen LogP contribution in [0.3, 0.4) is 0 Å². The molecule has 1 aliphatic rings. The van der Waals surface area contributed by atoms with Crippen molar-refractivity contribution in [2.45, 2.75) is 65.0 Å². The highest BCUT2D eigenvalue weighted by Crippen LogP contribution is 2.13. The predicted molar refractivity (Wildman–Crippen MR) is 80.1 cm³/mol. The van der Waals surface area contributed by atoms with Crippen LogP contribution in [0, 0.1) is 5.92 Å². The van der Waals surface area contributed by atoms with Crippen molar-refractivity contribution >= 4 is 11.8 Å². The number of nitrogens with two attached hydrogens (primary N) is 1. The van der Waals surface area contributed by atoms with Crippen LogP contribution in [0.2, 0.25) is 0 Å². The van der Waals surface area contributed by atoms with E-state index < -0.39 is 0 Å². The molecule has 0 aliphatic carbocycles. The second-order valence-corrected chi connectivity index (χ2v) is 6.15. The van der Waals surface area contributed by atoms with Crippen molar-refractivity contribution in [2.75, 3.05) is 13.1 Å². The van der Waals surface area contributed by atoms with Crippen LogP contribution in [0.15, 0.2) is 0 Å². The average Bonchev–Trinajstić information content (AvgIpc) is 2.38. The SMILES string of the molecule is CCCC(=O)NC1CCN(C(=O)[C@H](N)CC(C)C)CC1. The summed E-state index contributed by atoms with van der Waals surface area (Å²) in [6.45, 7) is 7.53. The third-order valence-electron chi connectivity index (χ3n) is 3.69. The molecule has 1 fully saturated rings. The van der Waals surface area contributed by atoms with Crippen LogP contribution in [0.1, 0.15) is 52.9 Å². The van der Waals surface area contributed by atoms with Crippen molar-refractivity contribution in [1.82, 2.24) is 10.2 Å². The Morgan fingerprint density at radius 2 is 1.90 bits per heavy atom. The van der Waals surface area contributed by atoms with Crippen LogP contribution in [0.4, 0.5) is 0 Å². The van der Waals surface area contributed by atoms with Crippen molar-refractivity contribution in [3.05, 3.63) is 0 Å². The van der Waals surface area contributed by atoms with Gasteiger partial charge in [0.1, 0.15) is 0 Å². The molecule has 5 heteroatoms. The molecule has 0 spiro atoms. The standard InChI is InChI=1S/C15H29N3O2/c1-4-5-14(19)17-12-6-8-18(9-7-12)15(20)13(16)10-11(2)3/h11-13H,4-10,16H2,1-3H3,(H,17,19)/t13-/m1/s1. The fourth-order valence-corrected chi connectivity index (χ4v) is 2.61. The first-order valence-electron chi connectivity index (χ1n) is 7.77. The van der Waals surface area contributed by atoms with Gasteiger partial charge in [-0.3, -0.25) is 9.59 Å². The molecule has 0 aromatic rings. The second-order valence-electron chi connectivity index (χ2n) is 6.15. The van der Waals surface area contributed by atoms with Crippen LogP contribution >= 0.6 is 0 Å². The van der Waals surface area contributed by atoms with E-state index >= 15 is 0 Å². The minimum absolute atomic E-state index is 0.0528. The van der Waals surface area contributed by atoms with Gasteiger partial charge in [0.2, 0.25) is 11.8 Å². The quantitative estimate of drug-likeness (QED) is 0.770.